The van der Waals surface area contributed by atoms with E-state index in [2.05, 4.69) is 38.1 Å². The highest BCUT2D eigenvalue weighted by molar-refractivity contribution is 5.85. The van der Waals surface area contributed by atoms with Gasteiger partial charge in [-0.15, -0.1) is 12.4 Å². The van der Waals surface area contributed by atoms with E-state index in [9.17, 15) is 0 Å². The molecule has 0 saturated heterocycles. The van der Waals surface area contributed by atoms with E-state index in [1.54, 1.807) is 0 Å². The van der Waals surface area contributed by atoms with Crippen molar-refractivity contribution in [2.24, 2.45) is 5.73 Å². The lowest BCUT2D eigenvalue weighted by molar-refractivity contribution is 0.539. The number of benzene rings is 1. The van der Waals surface area contributed by atoms with Crippen LogP contribution in [0.2, 0.25) is 0 Å². The number of halogens is 1. The van der Waals surface area contributed by atoms with Crippen molar-refractivity contribution >= 4 is 12.4 Å². The van der Waals surface area contributed by atoms with Gasteiger partial charge in [-0.2, -0.15) is 0 Å². The molecule has 0 aliphatic heterocycles. The Labute approximate surface area is 98.5 Å². The van der Waals surface area contributed by atoms with Gasteiger partial charge in [0.15, 0.2) is 0 Å². The van der Waals surface area contributed by atoms with Crippen LogP contribution in [0.1, 0.15) is 43.7 Å². The first-order chi connectivity index (χ1) is 6.63. The maximum absolute atomic E-state index is 5.75. The van der Waals surface area contributed by atoms with E-state index >= 15 is 0 Å². The maximum Gasteiger partial charge on any atom is 0.00190 e. The molecule has 1 nitrogen and oxygen atoms in total. The SMILES string of the molecule is CC(C)(CN)c1ccc(C2CC2)cc1.Cl. The summed E-state index contributed by atoms with van der Waals surface area (Å²) in [5.41, 5.74) is 8.71. The Kier molecular flexibility index (Phi) is 3.80. The number of hydrogen-bond donors (Lipinski definition) is 1. The lowest BCUT2D eigenvalue weighted by Crippen LogP contribution is -2.27. The van der Waals surface area contributed by atoms with Gasteiger partial charge < -0.3 is 5.73 Å². The van der Waals surface area contributed by atoms with Crippen LogP contribution in [-0.4, -0.2) is 6.54 Å². The molecule has 1 saturated carbocycles. The Morgan fingerprint density at radius 3 is 2.13 bits per heavy atom. The van der Waals surface area contributed by atoms with Gasteiger partial charge in [0, 0.05) is 12.0 Å². The Balaban J connectivity index is 0.00000112. The van der Waals surface area contributed by atoms with Gasteiger partial charge in [-0.1, -0.05) is 38.1 Å². The molecule has 0 heterocycles. The summed E-state index contributed by atoms with van der Waals surface area (Å²) >= 11 is 0. The van der Waals surface area contributed by atoms with Crippen LogP contribution in [0.4, 0.5) is 0 Å². The molecule has 0 atom stereocenters. The van der Waals surface area contributed by atoms with Crippen molar-refractivity contribution in [2.45, 2.75) is 38.0 Å². The Morgan fingerprint density at radius 1 is 1.20 bits per heavy atom. The zero-order valence-electron chi connectivity index (χ0n) is 9.49. The fourth-order valence-corrected chi connectivity index (χ4v) is 1.74. The molecule has 15 heavy (non-hydrogen) atoms. The van der Waals surface area contributed by atoms with Gasteiger partial charge in [0.1, 0.15) is 0 Å². The second-order valence-electron chi connectivity index (χ2n) is 4.98. The summed E-state index contributed by atoms with van der Waals surface area (Å²) in [6, 6.07) is 9.01. The third-order valence-corrected chi connectivity index (χ3v) is 3.25. The zero-order chi connectivity index (χ0) is 10.2. The molecule has 2 heteroatoms. The molecule has 1 aliphatic carbocycles. The normalized spacial score (nSPS) is 15.9. The molecular formula is C13H20ClN. The molecule has 2 rings (SSSR count). The molecule has 0 radical (unpaired) electrons. The summed E-state index contributed by atoms with van der Waals surface area (Å²) in [6.45, 7) is 5.09. The van der Waals surface area contributed by atoms with Crippen LogP contribution in [0.5, 0.6) is 0 Å². The largest absolute Gasteiger partial charge is 0.330 e. The van der Waals surface area contributed by atoms with Crippen LogP contribution in [0.3, 0.4) is 0 Å². The summed E-state index contributed by atoms with van der Waals surface area (Å²) in [4.78, 5) is 0. The molecule has 1 fully saturated rings. The van der Waals surface area contributed by atoms with E-state index in [0.717, 1.165) is 5.92 Å². The summed E-state index contributed by atoms with van der Waals surface area (Å²) in [5.74, 6) is 0.852. The minimum atomic E-state index is 0. The number of rotatable bonds is 3. The topological polar surface area (TPSA) is 26.0 Å². The van der Waals surface area contributed by atoms with Gasteiger partial charge in [-0.05, 0) is 29.9 Å². The van der Waals surface area contributed by atoms with E-state index < -0.39 is 0 Å². The van der Waals surface area contributed by atoms with Gasteiger partial charge in [0.25, 0.3) is 0 Å². The van der Waals surface area contributed by atoms with Crippen molar-refractivity contribution in [1.82, 2.24) is 0 Å². The molecule has 2 N–H and O–H groups in total. The van der Waals surface area contributed by atoms with Crippen molar-refractivity contribution in [1.29, 1.82) is 0 Å². The standard InChI is InChI=1S/C13H19N.ClH/c1-13(2,9-14)12-7-5-11(6-8-12)10-3-4-10;/h5-8,10H,3-4,9,14H2,1-2H3;1H. The minimum absolute atomic E-state index is 0. The first-order valence-corrected chi connectivity index (χ1v) is 5.44. The summed E-state index contributed by atoms with van der Waals surface area (Å²) in [7, 11) is 0. The van der Waals surface area contributed by atoms with Crippen molar-refractivity contribution in [2.75, 3.05) is 6.54 Å². The average molecular weight is 226 g/mol. The van der Waals surface area contributed by atoms with Gasteiger partial charge in [0.2, 0.25) is 0 Å². The molecule has 0 bridgehead atoms. The molecule has 1 aliphatic rings. The predicted molar refractivity (Wildman–Crippen MR) is 67.7 cm³/mol. The maximum atomic E-state index is 5.75. The fraction of sp³-hybridized carbons (Fsp3) is 0.538. The lowest BCUT2D eigenvalue weighted by Gasteiger charge is -2.23. The van der Waals surface area contributed by atoms with Crippen LogP contribution < -0.4 is 5.73 Å². The Hall–Kier alpha value is -0.530. The monoisotopic (exact) mass is 225 g/mol. The van der Waals surface area contributed by atoms with Crippen LogP contribution in [0.25, 0.3) is 0 Å². The Morgan fingerprint density at radius 2 is 1.73 bits per heavy atom. The van der Waals surface area contributed by atoms with Crippen LogP contribution in [-0.2, 0) is 5.41 Å². The molecule has 0 amide bonds. The summed E-state index contributed by atoms with van der Waals surface area (Å²) in [6.07, 6.45) is 2.75. The second-order valence-corrected chi connectivity index (χ2v) is 4.98. The van der Waals surface area contributed by atoms with Crippen molar-refractivity contribution in [3.05, 3.63) is 35.4 Å². The molecule has 1 aromatic rings. The molecule has 1 aromatic carbocycles. The zero-order valence-corrected chi connectivity index (χ0v) is 10.3. The predicted octanol–water partition coefficient (Wildman–Crippen LogP) is 3.22. The quantitative estimate of drug-likeness (QED) is 0.840. The van der Waals surface area contributed by atoms with Crippen molar-refractivity contribution in [3.8, 4) is 0 Å². The van der Waals surface area contributed by atoms with Gasteiger partial charge >= 0.3 is 0 Å². The van der Waals surface area contributed by atoms with Crippen LogP contribution in [0.15, 0.2) is 24.3 Å². The third kappa shape index (κ3) is 2.73. The molecule has 84 valence electrons. The van der Waals surface area contributed by atoms with Gasteiger partial charge in [-0.25, -0.2) is 0 Å². The highest BCUT2D eigenvalue weighted by Gasteiger charge is 2.24. The fourth-order valence-electron chi connectivity index (χ4n) is 1.74. The summed E-state index contributed by atoms with van der Waals surface area (Å²) < 4.78 is 0. The highest BCUT2D eigenvalue weighted by Crippen LogP contribution is 2.40. The lowest BCUT2D eigenvalue weighted by atomic mass is 9.84. The average Bonchev–Trinajstić information content (AvgIpc) is 3.01. The molecular weight excluding hydrogens is 206 g/mol. The molecule has 0 aromatic heterocycles. The van der Waals surface area contributed by atoms with Gasteiger partial charge in [0.05, 0.1) is 0 Å². The number of nitrogens with two attached hydrogens (primary N) is 1. The number of hydrogen-bond acceptors (Lipinski definition) is 1. The van der Waals surface area contributed by atoms with Crippen LogP contribution >= 0.6 is 12.4 Å². The van der Waals surface area contributed by atoms with Crippen molar-refractivity contribution in [3.63, 3.8) is 0 Å². The summed E-state index contributed by atoms with van der Waals surface area (Å²) in [5, 5.41) is 0. The minimum Gasteiger partial charge on any atom is -0.330 e. The highest BCUT2D eigenvalue weighted by atomic mass is 35.5. The van der Waals surface area contributed by atoms with E-state index in [-0.39, 0.29) is 17.8 Å². The third-order valence-electron chi connectivity index (χ3n) is 3.25. The van der Waals surface area contributed by atoms with Gasteiger partial charge in [-0.3, -0.25) is 0 Å². The van der Waals surface area contributed by atoms with E-state index in [0.29, 0.717) is 6.54 Å². The van der Waals surface area contributed by atoms with E-state index in [1.165, 1.54) is 24.0 Å². The molecule has 0 unspecified atom stereocenters. The van der Waals surface area contributed by atoms with E-state index in [1.807, 2.05) is 0 Å². The smallest absolute Gasteiger partial charge is 0.00190 e. The van der Waals surface area contributed by atoms with Crippen LogP contribution in [0, 0.1) is 0 Å². The Bertz CT molecular complexity index is 312. The van der Waals surface area contributed by atoms with Crippen molar-refractivity contribution < 1.29 is 0 Å². The first kappa shape index (κ1) is 12.5. The molecule has 0 spiro atoms. The second kappa shape index (κ2) is 4.54. The first-order valence-electron chi connectivity index (χ1n) is 5.44. The van der Waals surface area contributed by atoms with E-state index in [4.69, 9.17) is 5.73 Å².